The third-order valence-electron chi connectivity index (χ3n) is 1.53. The summed E-state index contributed by atoms with van der Waals surface area (Å²) < 4.78 is 1.15. The van der Waals surface area contributed by atoms with Crippen LogP contribution in [0.1, 0.15) is 25.5 Å². The lowest BCUT2D eigenvalue weighted by Crippen LogP contribution is -2.08. The Labute approximate surface area is 85.7 Å². The van der Waals surface area contributed by atoms with Gasteiger partial charge in [-0.3, -0.25) is 0 Å². The van der Waals surface area contributed by atoms with Crippen LogP contribution in [0.15, 0.2) is 3.79 Å². The Morgan fingerprint density at radius 1 is 1.42 bits per heavy atom. The summed E-state index contributed by atoms with van der Waals surface area (Å²) in [5.74, 6) is 0.490. The highest BCUT2D eigenvalue weighted by atomic mass is 79.9. The van der Waals surface area contributed by atoms with Crippen molar-refractivity contribution in [2.45, 2.75) is 19.8 Å². The van der Waals surface area contributed by atoms with Gasteiger partial charge in [-0.1, -0.05) is 25.2 Å². The molecule has 1 aromatic heterocycles. The van der Waals surface area contributed by atoms with Crippen molar-refractivity contribution in [2.75, 3.05) is 19.0 Å². The van der Waals surface area contributed by atoms with Crippen LogP contribution < -0.4 is 4.90 Å². The van der Waals surface area contributed by atoms with E-state index < -0.39 is 0 Å². The van der Waals surface area contributed by atoms with E-state index in [1.54, 1.807) is 11.3 Å². The van der Waals surface area contributed by atoms with Crippen LogP contribution >= 0.6 is 27.3 Å². The molecule has 0 aliphatic carbocycles. The molecule has 1 heterocycles. The van der Waals surface area contributed by atoms with Gasteiger partial charge in [0.2, 0.25) is 0 Å². The van der Waals surface area contributed by atoms with Crippen LogP contribution in [0.25, 0.3) is 0 Å². The van der Waals surface area contributed by atoms with Gasteiger partial charge in [0, 0.05) is 14.1 Å². The monoisotopic (exact) mass is 248 g/mol. The predicted molar refractivity (Wildman–Crippen MR) is 58.2 cm³/mol. The molecule has 0 amide bonds. The first kappa shape index (κ1) is 9.99. The van der Waals surface area contributed by atoms with Crippen molar-refractivity contribution in [1.82, 2.24) is 4.98 Å². The second-order valence-corrected chi connectivity index (χ2v) is 5.50. The summed E-state index contributed by atoms with van der Waals surface area (Å²) in [6.07, 6.45) is 0. The Bertz CT molecular complexity index is 268. The van der Waals surface area contributed by atoms with E-state index >= 15 is 0 Å². The molecule has 0 radical (unpaired) electrons. The standard InChI is InChI=1S/C8H13BrN2S/c1-5(2)6-7(9)12-8(10-6)11(3)4/h5H,1-4H3. The smallest absolute Gasteiger partial charge is 0.186 e. The topological polar surface area (TPSA) is 16.1 Å². The van der Waals surface area contributed by atoms with Crippen molar-refractivity contribution in [1.29, 1.82) is 0 Å². The number of hydrogen-bond acceptors (Lipinski definition) is 3. The van der Waals surface area contributed by atoms with E-state index in [0.29, 0.717) is 5.92 Å². The van der Waals surface area contributed by atoms with Crippen molar-refractivity contribution < 1.29 is 0 Å². The Kier molecular flexibility index (Phi) is 3.12. The summed E-state index contributed by atoms with van der Waals surface area (Å²) in [7, 11) is 4.02. The summed E-state index contributed by atoms with van der Waals surface area (Å²) >= 11 is 5.20. The maximum absolute atomic E-state index is 4.51. The van der Waals surface area contributed by atoms with Gasteiger partial charge in [0.05, 0.1) is 9.48 Å². The lowest BCUT2D eigenvalue weighted by atomic mass is 10.2. The molecule has 0 fully saturated rings. The third-order valence-corrected chi connectivity index (χ3v) is 3.45. The van der Waals surface area contributed by atoms with Crippen molar-refractivity contribution >= 4 is 32.4 Å². The van der Waals surface area contributed by atoms with Gasteiger partial charge in [-0.15, -0.1) is 0 Å². The fourth-order valence-electron chi connectivity index (χ4n) is 0.850. The molecule has 12 heavy (non-hydrogen) atoms. The molecule has 68 valence electrons. The lowest BCUT2D eigenvalue weighted by molar-refractivity contribution is 0.825. The molecule has 0 aliphatic rings. The van der Waals surface area contributed by atoms with Crippen LogP contribution in [0.4, 0.5) is 5.13 Å². The van der Waals surface area contributed by atoms with Crippen LogP contribution in [0.2, 0.25) is 0 Å². The van der Waals surface area contributed by atoms with Gasteiger partial charge in [-0.2, -0.15) is 0 Å². The van der Waals surface area contributed by atoms with Crippen molar-refractivity contribution in [3.8, 4) is 0 Å². The number of thiazole rings is 1. The summed E-state index contributed by atoms with van der Waals surface area (Å²) in [5.41, 5.74) is 1.16. The van der Waals surface area contributed by atoms with Crippen molar-refractivity contribution in [3.63, 3.8) is 0 Å². The summed E-state index contributed by atoms with van der Waals surface area (Å²) in [5, 5.41) is 1.06. The van der Waals surface area contributed by atoms with E-state index in [4.69, 9.17) is 0 Å². The molecule has 0 saturated heterocycles. The normalized spacial score (nSPS) is 10.8. The Hall–Kier alpha value is -0.0900. The molecule has 1 rings (SSSR count). The molecule has 0 saturated carbocycles. The maximum Gasteiger partial charge on any atom is 0.186 e. The SMILES string of the molecule is CC(C)c1nc(N(C)C)sc1Br. The van der Waals surface area contributed by atoms with Gasteiger partial charge in [-0.25, -0.2) is 4.98 Å². The summed E-state index contributed by atoms with van der Waals surface area (Å²) in [6, 6.07) is 0. The number of hydrogen-bond donors (Lipinski definition) is 0. The van der Waals surface area contributed by atoms with Crippen LogP contribution in [-0.2, 0) is 0 Å². The second-order valence-electron chi connectivity index (χ2n) is 3.20. The number of aromatic nitrogens is 1. The molecule has 0 N–H and O–H groups in total. The fourth-order valence-corrected chi connectivity index (χ4v) is 2.70. The van der Waals surface area contributed by atoms with E-state index in [9.17, 15) is 0 Å². The molecular weight excluding hydrogens is 236 g/mol. The minimum absolute atomic E-state index is 0.490. The first-order valence-electron chi connectivity index (χ1n) is 3.86. The zero-order valence-electron chi connectivity index (χ0n) is 7.76. The van der Waals surface area contributed by atoms with Crippen molar-refractivity contribution in [2.24, 2.45) is 0 Å². The maximum atomic E-state index is 4.51. The molecule has 2 nitrogen and oxygen atoms in total. The fraction of sp³-hybridized carbons (Fsp3) is 0.625. The minimum Gasteiger partial charge on any atom is -0.354 e. The first-order valence-corrected chi connectivity index (χ1v) is 5.47. The number of halogens is 1. The summed E-state index contributed by atoms with van der Waals surface area (Å²) in [4.78, 5) is 6.54. The van der Waals surface area contributed by atoms with Crippen LogP contribution in [-0.4, -0.2) is 19.1 Å². The first-order chi connectivity index (χ1) is 5.52. The molecule has 1 aromatic rings. The predicted octanol–water partition coefficient (Wildman–Crippen LogP) is 3.10. The highest BCUT2D eigenvalue weighted by molar-refractivity contribution is 9.11. The minimum atomic E-state index is 0.490. The zero-order chi connectivity index (χ0) is 9.30. The van der Waals surface area contributed by atoms with E-state index in [1.165, 1.54) is 0 Å². The Morgan fingerprint density at radius 2 is 2.00 bits per heavy atom. The number of anilines is 1. The van der Waals surface area contributed by atoms with E-state index in [1.807, 2.05) is 19.0 Å². The average molecular weight is 249 g/mol. The molecule has 0 bridgehead atoms. The van der Waals surface area contributed by atoms with Crippen LogP contribution in [0.5, 0.6) is 0 Å². The second kappa shape index (κ2) is 3.75. The van der Waals surface area contributed by atoms with E-state index in [-0.39, 0.29) is 0 Å². The van der Waals surface area contributed by atoms with Gasteiger partial charge >= 0.3 is 0 Å². The van der Waals surface area contributed by atoms with Gasteiger partial charge in [0.1, 0.15) is 0 Å². The zero-order valence-corrected chi connectivity index (χ0v) is 10.2. The molecule has 4 heteroatoms. The quantitative estimate of drug-likeness (QED) is 0.800. The van der Waals surface area contributed by atoms with E-state index in [2.05, 4.69) is 34.8 Å². The average Bonchev–Trinajstić information content (AvgIpc) is 2.30. The van der Waals surface area contributed by atoms with E-state index in [0.717, 1.165) is 14.6 Å². The molecule has 0 spiro atoms. The Morgan fingerprint density at radius 3 is 2.25 bits per heavy atom. The van der Waals surface area contributed by atoms with Gasteiger partial charge in [0.25, 0.3) is 0 Å². The largest absolute Gasteiger partial charge is 0.354 e. The molecule has 0 aliphatic heterocycles. The third kappa shape index (κ3) is 1.98. The summed E-state index contributed by atoms with van der Waals surface area (Å²) in [6.45, 7) is 4.30. The highest BCUT2D eigenvalue weighted by Crippen LogP contribution is 2.33. The highest BCUT2D eigenvalue weighted by Gasteiger charge is 2.12. The van der Waals surface area contributed by atoms with Gasteiger partial charge in [-0.05, 0) is 21.8 Å². The van der Waals surface area contributed by atoms with Crippen LogP contribution in [0.3, 0.4) is 0 Å². The number of nitrogens with zero attached hydrogens (tertiary/aromatic N) is 2. The van der Waals surface area contributed by atoms with Gasteiger partial charge in [0.15, 0.2) is 5.13 Å². The molecular formula is C8H13BrN2S. The van der Waals surface area contributed by atoms with Crippen LogP contribution in [0, 0.1) is 0 Å². The Balaban J connectivity index is 3.00. The lowest BCUT2D eigenvalue weighted by Gasteiger charge is -2.05. The number of rotatable bonds is 2. The molecule has 0 aromatic carbocycles. The van der Waals surface area contributed by atoms with Gasteiger partial charge < -0.3 is 4.90 Å². The molecule has 0 unspecified atom stereocenters. The van der Waals surface area contributed by atoms with Crippen molar-refractivity contribution in [3.05, 3.63) is 9.48 Å². The molecule has 0 atom stereocenters.